The molecule has 20 heavy (non-hydrogen) atoms. The Morgan fingerprint density at radius 2 is 2.10 bits per heavy atom. The fraction of sp³-hybridized carbons (Fsp3) is 0.308. The monoisotopic (exact) mass is 292 g/mol. The molecule has 0 fully saturated rings. The summed E-state index contributed by atoms with van der Waals surface area (Å²) in [7, 11) is 3.30. The molecule has 0 bridgehead atoms. The number of benzene rings is 1. The number of anilines is 1. The van der Waals surface area contributed by atoms with E-state index in [4.69, 9.17) is 5.73 Å². The molecule has 2 amide bonds. The van der Waals surface area contributed by atoms with Gasteiger partial charge in [0.05, 0.1) is 10.2 Å². The highest BCUT2D eigenvalue weighted by atomic mass is 32.1. The van der Waals surface area contributed by atoms with Crippen LogP contribution >= 0.6 is 11.3 Å². The fourth-order valence-corrected chi connectivity index (χ4v) is 2.59. The summed E-state index contributed by atoms with van der Waals surface area (Å²) in [5.74, 6) is -0.442. The van der Waals surface area contributed by atoms with Gasteiger partial charge in [-0.2, -0.15) is 0 Å². The summed E-state index contributed by atoms with van der Waals surface area (Å²) in [6, 6.07) is 4.57. The summed E-state index contributed by atoms with van der Waals surface area (Å²) in [6.07, 6.45) is 0. The summed E-state index contributed by atoms with van der Waals surface area (Å²) in [6.45, 7) is 1.66. The van der Waals surface area contributed by atoms with Crippen LogP contribution < -0.4 is 11.1 Å². The molecule has 7 heteroatoms. The molecule has 0 aliphatic heterocycles. The van der Waals surface area contributed by atoms with Crippen LogP contribution in [-0.4, -0.2) is 41.8 Å². The Balaban J connectivity index is 2.16. The van der Waals surface area contributed by atoms with Crippen LogP contribution in [-0.2, 0) is 4.79 Å². The Hall–Kier alpha value is -2.15. The van der Waals surface area contributed by atoms with E-state index in [0.29, 0.717) is 10.7 Å². The van der Waals surface area contributed by atoms with E-state index in [9.17, 15) is 9.59 Å². The van der Waals surface area contributed by atoms with Crippen molar-refractivity contribution in [2.45, 2.75) is 13.0 Å². The predicted molar refractivity (Wildman–Crippen MR) is 79.7 cm³/mol. The van der Waals surface area contributed by atoms with Gasteiger partial charge in [-0.1, -0.05) is 11.3 Å². The van der Waals surface area contributed by atoms with Crippen molar-refractivity contribution >= 4 is 38.5 Å². The Bertz CT molecular complexity index is 665. The van der Waals surface area contributed by atoms with Crippen LogP contribution in [0.3, 0.4) is 0 Å². The smallest absolute Gasteiger partial charge is 0.251 e. The van der Waals surface area contributed by atoms with Crippen molar-refractivity contribution in [1.29, 1.82) is 0 Å². The standard InChI is InChI=1S/C13H16N4O2S/c1-7(12(19)17(2)3)15-11(18)8-4-5-9-10(6-8)20-13(14)16-9/h4-7H,1-3H3,(H2,14,16)(H,15,18). The lowest BCUT2D eigenvalue weighted by molar-refractivity contribution is -0.130. The Morgan fingerprint density at radius 1 is 1.40 bits per heavy atom. The van der Waals surface area contributed by atoms with Crippen LogP contribution in [0.15, 0.2) is 18.2 Å². The minimum atomic E-state index is -0.570. The molecule has 106 valence electrons. The molecule has 1 atom stereocenters. The van der Waals surface area contributed by atoms with Gasteiger partial charge in [-0.3, -0.25) is 9.59 Å². The van der Waals surface area contributed by atoms with E-state index in [1.165, 1.54) is 16.2 Å². The lowest BCUT2D eigenvalue weighted by atomic mass is 10.2. The Kier molecular flexibility index (Phi) is 3.89. The second kappa shape index (κ2) is 5.46. The molecule has 6 nitrogen and oxygen atoms in total. The molecule has 1 aromatic carbocycles. The van der Waals surface area contributed by atoms with Crippen LogP contribution in [0.2, 0.25) is 0 Å². The number of nitrogens with one attached hydrogen (secondary N) is 1. The van der Waals surface area contributed by atoms with Crippen molar-refractivity contribution in [3.8, 4) is 0 Å². The van der Waals surface area contributed by atoms with Gasteiger partial charge < -0.3 is 16.0 Å². The molecule has 1 aromatic heterocycles. The quantitative estimate of drug-likeness (QED) is 0.886. The molecular formula is C13H16N4O2S. The highest BCUT2D eigenvalue weighted by molar-refractivity contribution is 7.22. The predicted octanol–water partition coefficient (Wildman–Crippen LogP) is 1.09. The zero-order valence-electron chi connectivity index (χ0n) is 11.5. The number of fused-ring (bicyclic) bond motifs is 1. The van der Waals surface area contributed by atoms with E-state index < -0.39 is 6.04 Å². The van der Waals surface area contributed by atoms with E-state index in [2.05, 4.69) is 10.3 Å². The van der Waals surface area contributed by atoms with Crippen LogP contribution in [0.4, 0.5) is 5.13 Å². The first-order chi connectivity index (χ1) is 9.38. The van der Waals surface area contributed by atoms with Crippen LogP contribution in [0.25, 0.3) is 10.2 Å². The molecule has 0 aliphatic carbocycles. The third-order valence-electron chi connectivity index (χ3n) is 2.83. The number of nitrogen functional groups attached to an aromatic ring is 1. The molecule has 2 aromatic rings. The molecule has 1 heterocycles. The first-order valence-electron chi connectivity index (χ1n) is 6.06. The fourth-order valence-electron chi connectivity index (χ4n) is 1.81. The molecule has 0 aliphatic rings. The summed E-state index contributed by atoms with van der Waals surface area (Å²) in [4.78, 5) is 29.4. The van der Waals surface area contributed by atoms with Gasteiger partial charge in [0.2, 0.25) is 5.91 Å². The molecule has 2 rings (SSSR count). The van der Waals surface area contributed by atoms with Crippen LogP contribution in [0.5, 0.6) is 0 Å². The average Bonchev–Trinajstić information content (AvgIpc) is 2.76. The molecular weight excluding hydrogens is 276 g/mol. The van der Waals surface area contributed by atoms with Gasteiger partial charge in [-0.15, -0.1) is 0 Å². The van der Waals surface area contributed by atoms with Gasteiger partial charge >= 0.3 is 0 Å². The number of carbonyl (C=O) groups excluding carboxylic acids is 2. The summed E-state index contributed by atoms with van der Waals surface area (Å²) < 4.78 is 0.849. The Morgan fingerprint density at radius 3 is 2.75 bits per heavy atom. The second-order valence-electron chi connectivity index (χ2n) is 4.66. The first kappa shape index (κ1) is 14.3. The maximum absolute atomic E-state index is 12.1. The minimum Gasteiger partial charge on any atom is -0.375 e. The van der Waals surface area contributed by atoms with Crippen molar-refractivity contribution in [3.05, 3.63) is 23.8 Å². The third-order valence-corrected chi connectivity index (χ3v) is 3.67. The van der Waals surface area contributed by atoms with Gasteiger partial charge in [0, 0.05) is 19.7 Å². The van der Waals surface area contributed by atoms with Gasteiger partial charge in [0.1, 0.15) is 6.04 Å². The van der Waals surface area contributed by atoms with E-state index in [1.807, 2.05) is 0 Å². The number of rotatable bonds is 3. The van der Waals surface area contributed by atoms with E-state index >= 15 is 0 Å². The number of aromatic nitrogens is 1. The van der Waals surface area contributed by atoms with Gasteiger partial charge in [-0.05, 0) is 25.1 Å². The molecule has 0 radical (unpaired) electrons. The summed E-state index contributed by atoms with van der Waals surface area (Å²) in [5.41, 5.74) is 6.88. The highest BCUT2D eigenvalue weighted by Gasteiger charge is 2.18. The number of nitrogens with two attached hydrogens (primary N) is 1. The molecule has 0 spiro atoms. The maximum atomic E-state index is 12.1. The number of carbonyl (C=O) groups is 2. The number of hydrogen-bond acceptors (Lipinski definition) is 5. The molecule has 3 N–H and O–H groups in total. The number of nitrogens with zero attached hydrogens (tertiary/aromatic N) is 2. The minimum absolute atomic E-state index is 0.151. The lowest BCUT2D eigenvalue weighted by Crippen LogP contribution is -2.44. The van der Waals surface area contributed by atoms with Crippen molar-refractivity contribution in [3.63, 3.8) is 0 Å². The highest BCUT2D eigenvalue weighted by Crippen LogP contribution is 2.24. The third kappa shape index (κ3) is 2.88. The lowest BCUT2D eigenvalue weighted by Gasteiger charge is -2.17. The molecule has 0 saturated carbocycles. The Labute approximate surface area is 120 Å². The average molecular weight is 292 g/mol. The van der Waals surface area contributed by atoms with Crippen LogP contribution in [0, 0.1) is 0 Å². The van der Waals surface area contributed by atoms with Crippen LogP contribution in [0.1, 0.15) is 17.3 Å². The first-order valence-corrected chi connectivity index (χ1v) is 6.88. The van der Waals surface area contributed by atoms with Gasteiger partial charge in [0.15, 0.2) is 5.13 Å². The topological polar surface area (TPSA) is 88.3 Å². The molecule has 1 unspecified atom stereocenters. The zero-order valence-corrected chi connectivity index (χ0v) is 12.3. The summed E-state index contributed by atoms with van der Waals surface area (Å²) >= 11 is 1.33. The SMILES string of the molecule is CC(NC(=O)c1ccc2nc(N)sc2c1)C(=O)N(C)C. The van der Waals surface area contributed by atoms with Gasteiger partial charge in [0.25, 0.3) is 5.91 Å². The second-order valence-corrected chi connectivity index (χ2v) is 5.72. The number of likely N-dealkylation sites (N-methyl/N-ethyl adjacent to an activating group) is 1. The van der Waals surface area contributed by atoms with Crippen molar-refractivity contribution in [1.82, 2.24) is 15.2 Å². The number of amides is 2. The normalized spacial score (nSPS) is 12.2. The number of thiazole rings is 1. The van der Waals surface area contributed by atoms with Gasteiger partial charge in [-0.25, -0.2) is 4.98 Å². The summed E-state index contributed by atoms with van der Waals surface area (Å²) in [5, 5.41) is 3.14. The molecule has 0 saturated heterocycles. The van der Waals surface area contributed by atoms with Crippen molar-refractivity contribution in [2.75, 3.05) is 19.8 Å². The largest absolute Gasteiger partial charge is 0.375 e. The van der Waals surface area contributed by atoms with E-state index in [0.717, 1.165) is 10.2 Å². The number of hydrogen-bond donors (Lipinski definition) is 2. The van der Waals surface area contributed by atoms with E-state index in [1.54, 1.807) is 39.2 Å². The zero-order chi connectivity index (χ0) is 14.9. The van der Waals surface area contributed by atoms with E-state index in [-0.39, 0.29) is 11.8 Å². The van der Waals surface area contributed by atoms with Crippen molar-refractivity contribution < 1.29 is 9.59 Å². The van der Waals surface area contributed by atoms with Crippen molar-refractivity contribution in [2.24, 2.45) is 0 Å². The maximum Gasteiger partial charge on any atom is 0.251 e.